The lowest BCUT2D eigenvalue weighted by molar-refractivity contribution is -0.0664. The Kier molecular flexibility index (Phi) is 3.61. The van der Waals surface area contributed by atoms with E-state index in [2.05, 4.69) is 0 Å². The van der Waals surface area contributed by atoms with E-state index in [1.54, 1.807) is 17.0 Å². The largest absolute Gasteiger partial charge is 0.502 e. The Morgan fingerprint density at radius 3 is 2.25 bits per heavy atom. The van der Waals surface area contributed by atoms with Crippen molar-refractivity contribution < 1.29 is 19.8 Å². The zero-order chi connectivity index (χ0) is 19.8. The third-order valence-electron chi connectivity index (χ3n) is 7.32. The summed E-state index contributed by atoms with van der Waals surface area (Å²) in [5.74, 6) is -0.305. The van der Waals surface area contributed by atoms with Gasteiger partial charge in [0.25, 0.3) is 5.91 Å². The number of hydrogen-bond acceptors (Lipinski definition) is 5. The molecule has 150 valence electrons. The molecule has 0 atom stereocenters. The maximum atomic E-state index is 13.2. The molecular weight excluding hydrogens is 362 g/mol. The van der Waals surface area contributed by atoms with Gasteiger partial charge in [0.15, 0.2) is 11.4 Å². The topological polar surface area (TPSA) is 103 Å². The number of nitrogens with zero attached hydrogens (tertiary/aromatic N) is 3. The minimum absolute atomic E-state index is 0.143. The predicted molar refractivity (Wildman–Crippen MR) is 100.0 cm³/mol. The normalized spacial score (nSPS) is 33.3. The number of hydrogen-bond donors (Lipinski definition) is 2. The van der Waals surface area contributed by atoms with E-state index in [1.165, 1.54) is 23.9 Å². The Morgan fingerprint density at radius 1 is 1.14 bits per heavy atom. The molecule has 8 heteroatoms. The number of pyridine rings is 1. The van der Waals surface area contributed by atoms with Crippen molar-refractivity contribution in [2.75, 3.05) is 25.3 Å². The molecule has 0 aromatic carbocycles. The van der Waals surface area contributed by atoms with E-state index in [-0.39, 0.29) is 11.1 Å². The van der Waals surface area contributed by atoms with Crippen molar-refractivity contribution in [2.45, 2.75) is 38.5 Å². The average molecular weight is 387 g/mol. The summed E-state index contributed by atoms with van der Waals surface area (Å²) >= 11 is 0. The Hall–Kier alpha value is -2.51. The quantitative estimate of drug-likeness (QED) is 0.814. The number of aromatic nitrogens is 1. The van der Waals surface area contributed by atoms with E-state index in [4.69, 9.17) is 0 Å². The van der Waals surface area contributed by atoms with Crippen molar-refractivity contribution in [3.05, 3.63) is 27.7 Å². The second-order valence-corrected chi connectivity index (χ2v) is 9.44. The Labute approximate surface area is 162 Å². The van der Waals surface area contributed by atoms with Crippen LogP contribution in [0.15, 0.2) is 11.0 Å². The van der Waals surface area contributed by atoms with Crippen LogP contribution >= 0.6 is 0 Å². The first-order chi connectivity index (χ1) is 13.3. The van der Waals surface area contributed by atoms with Gasteiger partial charge < -0.3 is 15.1 Å². The highest BCUT2D eigenvalue weighted by atomic mass is 16.4. The van der Waals surface area contributed by atoms with E-state index in [9.17, 15) is 24.6 Å². The van der Waals surface area contributed by atoms with Crippen LogP contribution in [0.1, 0.15) is 59.4 Å². The van der Waals surface area contributed by atoms with E-state index in [0.717, 1.165) is 43.2 Å². The molecule has 5 aliphatic rings. The van der Waals surface area contributed by atoms with Crippen LogP contribution in [-0.2, 0) is 0 Å². The zero-order valence-corrected chi connectivity index (χ0v) is 15.9. The van der Waals surface area contributed by atoms with Gasteiger partial charge in [-0.3, -0.25) is 19.3 Å². The number of fused-ring (bicyclic) bond motifs is 1. The summed E-state index contributed by atoms with van der Waals surface area (Å²) < 4.78 is 1.29. The highest BCUT2D eigenvalue weighted by Gasteiger charge is 2.52. The second-order valence-electron chi connectivity index (χ2n) is 9.44. The van der Waals surface area contributed by atoms with Crippen molar-refractivity contribution in [1.82, 2.24) is 9.58 Å². The van der Waals surface area contributed by atoms with Gasteiger partial charge in [-0.15, -0.1) is 0 Å². The smallest absolute Gasteiger partial charge is 0.341 e. The molecule has 6 rings (SSSR count). The van der Waals surface area contributed by atoms with Crippen LogP contribution in [0.2, 0.25) is 0 Å². The molecule has 4 saturated carbocycles. The van der Waals surface area contributed by atoms with Crippen LogP contribution in [-0.4, -0.2) is 51.9 Å². The SMILES string of the molecule is CN1CN(CC23CC4CC(CC(C4)C2)C3)C(=O)c2c(O)c(=O)c(C(=O)O)cn21. The van der Waals surface area contributed by atoms with Gasteiger partial charge in [-0.05, 0) is 61.7 Å². The molecule has 4 fully saturated rings. The standard InChI is InChI=1S/C20H25N3O5/c1-21-10-22(9-20-5-11-2-12(6-20)4-13(3-11)7-20)18(26)15-17(25)16(24)14(19(27)28)8-23(15)21/h8,11-13,25H,2-7,9-10H2,1H3,(H,27,28). The minimum atomic E-state index is -1.42. The van der Waals surface area contributed by atoms with Gasteiger partial charge in [-0.2, -0.15) is 0 Å². The van der Waals surface area contributed by atoms with Crippen molar-refractivity contribution >= 4 is 11.9 Å². The second kappa shape index (κ2) is 5.75. The summed E-state index contributed by atoms with van der Waals surface area (Å²) in [5, 5.41) is 21.2. The highest BCUT2D eigenvalue weighted by Crippen LogP contribution is 2.60. The summed E-state index contributed by atoms with van der Waals surface area (Å²) in [4.78, 5) is 38.4. The number of carbonyl (C=O) groups is 2. The van der Waals surface area contributed by atoms with Crippen LogP contribution in [0.4, 0.5) is 0 Å². The average Bonchev–Trinajstić information content (AvgIpc) is 2.60. The Bertz CT molecular complexity index is 901. The highest BCUT2D eigenvalue weighted by molar-refractivity contribution is 5.97. The third kappa shape index (κ3) is 2.46. The van der Waals surface area contributed by atoms with Gasteiger partial charge in [0.2, 0.25) is 5.43 Å². The molecule has 0 radical (unpaired) electrons. The molecule has 28 heavy (non-hydrogen) atoms. The van der Waals surface area contributed by atoms with E-state index in [1.807, 2.05) is 0 Å². The molecule has 1 aliphatic heterocycles. The first-order valence-electron chi connectivity index (χ1n) is 9.99. The van der Waals surface area contributed by atoms with Crippen LogP contribution in [0, 0.1) is 23.2 Å². The summed E-state index contributed by atoms with van der Waals surface area (Å²) in [7, 11) is 1.72. The van der Waals surface area contributed by atoms with E-state index < -0.39 is 28.6 Å². The molecule has 4 aliphatic carbocycles. The van der Waals surface area contributed by atoms with Gasteiger partial charge in [-0.1, -0.05) is 0 Å². The number of amides is 1. The van der Waals surface area contributed by atoms with E-state index in [0.29, 0.717) is 13.2 Å². The van der Waals surface area contributed by atoms with Crippen LogP contribution < -0.4 is 10.4 Å². The number of aromatic carboxylic acids is 1. The number of carboxylic acid groups (broad SMARTS) is 1. The molecule has 1 aromatic rings. The van der Waals surface area contributed by atoms with Gasteiger partial charge in [0.1, 0.15) is 12.2 Å². The minimum Gasteiger partial charge on any atom is -0.502 e. The van der Waals surface area contributed by atoms with Gasteiger partial charge in [0.05, 0.1) is 0 Å². The van der Waals surface area contributed by atoms with Crippen molar-refractivity contribution in [2.24, 2.45) is 23.2 Å². The van der Waals surface area contributed by atoms with E-state index >= 15 is 0 Å². The van der Waals surface area contributed by atoms with Crippen molar-refractivity contribution in [3.63, 3.8) is 0 Å². The molecule has 1 amide bonds. The molecule has 2 N–H and O–H groups in total. The fourth-order valence-corrected chi connectivity index (χ4v) is 6.75. The molecule has 2 heterocycles. The number of carbonyl (C=O) groups excluding carboxylic acids is 1. The van der Waals surface area contributed by atoms with Gasteiger partial charge >= 0.3 is 5.97 Å². The Balaban J connectivity index is 1.49. The fourth-order valence-electron chi connectivity index (χ4n) is 6.75. The first kappa shape index (κ1) is 17.6. The maximum Gasteiger partial charge on any atom is 0.341 e. The fraction of sp³-hybridized carbons (Fsp3) is 0.650. The molecular formula is C20H25N3O5. The van der Waals surface area contributed by atoms with Crippen LogP contribution in [0.5, 0.6) is 5.75 Å². The Morgan fingerprint density at radius 2 is 1.71 bits per heavy atom. The van der Waals surface area contributed by atoms with Crippen LogP contribution in [0.25, 0.3) is 0 Å². The van der Waals surface area contributed by atoms with Gasteiger partial charge in [-0.25, -0.2) is 4.79 Å². The summed E-state index contributed by atoms with van der Waals surface area (Å²) in [6.45, 7) is 0.933. The van der Waals surface area contributed by atoms with Crippen molar-refractivity contribution in [3.8, 4) is 5.75 Å². The number of rotatable bonds is 3. The predicted octanol–water partition coefficient (Wildman–Crippen LogP) is 1.45. The summed E-state index contributed by atoms with van der Waals surface area (Å²) in [6, 6.07) is 0. The van der Waals surface area contributed by atoms with Gasteiger partial charge in [0, 0.05) is 19.8 Å². The first-order valence-corrected chi connectivity index (χ1v) is 9.99. The lowest BCUT2D eigenvalue weighted by Gasteiger charge is -2.58. The maximum absolute atomic E-state index is 13.2. The number of carboxylic acids is 1. The molecule has 0 saturated heterocycles. The lowest BCUT2D eigenvalue weighted by atomic mass is 9.49. The summed E-state index contributed by atoms with van der Waals surface area (Å²) in [5.41, 5.74) is -1.56. The number of aromatic hydroxyl groups is 1. The molecule has 0 unspecified atom stereocenters. The molecule has 0 spiro atoms. The molecule has 4 bridgehead atoms. The monoisotopic (exact) mass is 387 g/mol. The van der Waals surface area contributed by atoms with Crippen molar-refractivity contribution in [1.29, 1.82) is 0 Å². The third-order valence-corrected chi connectivity index (χ3v) is 7.32. The summed E-state index contributed by atoms with van der Waals surface area (Å²) in [6.07, 6.45) is 8.56. The molecule has 8 nitrogen and oxygen atoms in total. The lowest BCUT2D eigenvalue weighted by Crippen LogP contribution is -2.58. The molecule has 1 aromatic heterocycles. The zero-order valence-electron chi connectivity index (χ0n) is 15.9. The van der Waals surface area contributed by atoms with Crippen LogP contribution in [0.3, 0.4) is 0 Å².